The van der Waals surface area contributed by atoms with Crippen LogP contribution in [-0.4, -0.2) is 24.1 Å². The standard InChI is InChI=1S/C40H27N5O2/c1-44-33-18-16-28(21-34(33)45(2)40(44)46)25-13-8-14-29(19-25)38-41-37(24-9-4-3-5-10-24)42-39(43-38)30-15-17-31-32-20-26-11-6-7-12-27(26)22-36(32)47-35(31)23-30/h3-23H,1-2H3. The van der Waals surface area contributed by atoms with Crippen molar-refractivity contribution >= 4 is 43.7 Å². The van der Waals surface area contributed by atoms with Crippen molar-refractivity contribution in [2.24, 2.45) is 14.1 Å². The maximum absolute atomic E-state index is 12.5. The zero-order valence-corrected chi connectivity index (χ0v) is 25.7. The molecule has 0 amide bonds. The quantitative estimate of drug-likeness (QED) is 0.199. The Morgan fingerprint density at radius 3 is 1.83 bits per heavy atom. The Morgan fingerprint density at radius 1 is 0.468 bits per heavy atom. The molecule has 9 aromatic rings. The first-order chi connectivity index (χ1) is 23.0. The van der Waals surface area contributed by atoms with E-state index in [1.165, 1.54) is 5.39 Å². The fraction of sp³-hybridized carbons (Fsp3) is 0.0500. The minimum Gasteiger partial charge on any atom is -0.456 e. The molecule has 9 rings (SSSR count). The molecule has 0 bridgehead atoms. The first-order valence-electron chi connectivity index (χ1n) is 15.4. The highest BCUT2D eigenvalue weighted by Crippen LogP contribution is 2.35. The number of aryl methyl sites for hydroxylation is 2. The Hall–Kier alpha value is -6.34. The molecular weight excluding hydrogens is 582 g/mol. The second-order valence-corrected chi connectivity index (χ2v) is 11.9. The third-order valence-corrected chi connectivity index (χ3v) is 8.99. The minimum atomic E-state index is -0.0497. The van der Waals surface area contributed by atoms with Crippen molar-refractivity contribution in [1.82, 2.24) is 24.1 Å². The van der Waals surface area contributed by atoms with Gasteiger partial charge in [0.25, 0.3) is 0 Å². The predicted octanol–water partition coefficient (Wildman–Crippen LogP) is 8.78. The van der Waals surface area contributed by atoms with Gasteiger partial charge < -0.3 is 4.42 Å². The lowest BCUT2D eigenvalue weighted by atomic mass is 10.0. The Balaban J connectivity index is 1.18. The van der Waals surface area contributed by atoms with E-state index < -0.39 is 0 Å². The van der Waals surface area contributed by atoms with E-state index in [-0.39, 0.29) is 5.69 Å². The molecule has 0 saturated carbocycles. The van der Waals surface area contributed by atoms with Crippen LogP contribution in [0.1, 0.15) is 0 Å². The smallest absolute Gasteiger partial charge is 0.328 e. The molecular formula is C40H27N5O2. The number of hydrogen-bond acceptors (Lipinski definition) is 5. The molecule has 0 atom stereocenters. The normalized spacial score (nSPS) is 11.7. The molecule has 0 saturated heterocycles. The summed E-state index contributed by atoms with van der Waals surface area (Å²) in [6.45, 7) is 0. The average molecular weight is 610 g/mol. The number of benzene rings is 6. The van der Waals surface area contributed by atoms with Crippen LogP contribution in [0.15, 0.2) is 137 Å². The number of fused-ring (bicyclic) bond motifs is 5. The molecule has 0 aliphatic carbocycles. The summed E-state index contributed by atoms with van der Waals surface area (Å²) in [6.07, 6.45) is 0. The van der Waals surface area contributed by atoms with Crippen molar-refractivity contribution in [2.45, 2.75) is 0 Å². The molecule has 7 heteroatoms. The van der Waals surface area contributed by atoms with Crippen LogP contribution in [0, 0.1) is 0 Å². The minimum absolute atomic E-state index is 0.0497. The van der Waals surface area contributed by atoms with Crippen LogP contribution in [0.4, 0.5) is 0 Å². The van der Waals surface area contributed by atoms with Crippen molar-refractivity contribution in [3.8, 4) is 45.3 Å². The second kappa shape index (κ2) is 10.4. The van der Waals surface area contributed by atoms with E-state index in [0.717, 1.165) is 66.2 Å². The Kier molecular flexibility index (Phi) is 5.95. The van der Waals surface area contributed by atoms with Crippen LogP contribution in [0.5, 0.6) is 0 Å². The van der Waals surface area contributed by atoms with E-state index in [1.54, 1.807) is 23.2 Å². The van der Waals surface area contributed by atoms with Crippen molar-refractivity contribution in [3.63, 3.8) is 0 Å². The van der Waals surface area contributed by atoms with Crippen molar-refractivity contribution in [2.75, 3.05) is 0 Å². The van der Waals surface area contributed by atoms with Crippen LogP contribution >= 0.6 is 0 Å². The zero-order valence-electron chi connectivity index (χ0n) is 25.7. The van der Waals surface area contributed by atoms with Gasteiger partial charge in [-0.3, -0.25) is 9.13 Å². The maximum atomic E-state index is 12.5. The third-order valence-electron chi connectivity index (χ3n) is 8.99. The Bertz CT molecular complexity index is 2740. The van der Waals surface area contributed by atoms with E-state index in [4.69, 9.17) is 19.4 Å². The predicted molar refractivity (Wildman–Crippen MR) is 188 cm³/mol. The van der Waals surface area contributed by atoms with Gasteiger partial charge in [0.05, 0.1) is 11.0 Å². The molecule has 0 radical (unpaired) electrons. The molecule has 0 unspecified atom stereocenters. The van der Waals surface area contributed by atoms with Gasteiger partial charge >= 0.3 is 5.69 Å². The van der Waals surface area contributed by atoms with Crippen LogP contribution in [-0.2, 0) is 14.1 Å². The molecule has 0 fully saturated rings. The summed E-state index contributed by atoms with van der Waals surface area (Å²) in [7, 11) is 3.59. The summed E-state index contributed by atoms with van der Waals surface area (Å²) in [6, 6.07) is 43.0. The molecule has 3 aromatic heterocycles. The monoisotopic (exact) mass is 609 g/mol. The van der Waals surface area contributed by atoms with Gasteiger partial charge in [-0.1, -0.05) is 84.9 Å². The summed E-state index contributed by atoms with van der Waals surface area (Å²) in [4.78, 5) is 27.4. The Morgan fingerprint density at radius 2 is 1.04 bits per heavy atom. The highest BCUT2D eigenvalue weighted by Gasteiger charge is 2.16. The van der Waals surface area contributed by atoms with E-state index in [1.807, 2.05) is 66.7 Å². The van der Waals surface area contributed by atoms with Crippen molar-refractivity contribution in [3.05, 3.63) is 138 Å². The number of aromatic nitrogens is 5. The SMILES string of the molecule is Cn1c(=O)n(C)c2cc(-c3cccc(-c4nc(-c5ccccc5)nc(-c5ccc6c(c5)oc5cc7ccccc7cc56)n4)c3)ccc21. The lowest BCUT2D eigenvalue weighted by Gasteiger charge is -2.10. The number of imidazole rings is 1. The maximum Gasteiger partial charge on any atom is 0.328 e. The fourth-order valence-electron chi connectivity index (χ4n) is 6.48. The topological polar surface area (TPSA) is 78.7 Å². The largest absolute Gasteiger partial charge is 0.456 e. The Labute approximate surface area is 269 Å². The van der Waals surface area contributed by atoms with Crippen LogP contribution in [0.2, 0.25) is 0 Å². The molecule has 0 aliphatic heterocycles. The number of hydrogen-bond donors (Lipinski definition) is 0. The molecule has 6 aromatic carbocycles. The van der Waals surface area contributed by atoms with Crippen molar-refractivity contribution < 1.29 is 4.42 Å². The van der Waals surface area contributed by atoms with Crippen LogP contribution in [0.25, 0.3) is 89.0 Å². The van der Waals surface area contributed by atoms with Gasteiger partial charge in [-0.25, -0.2) is 19.7 Å². The molecule has 0 aliphatic rings. The summed E-state index contributed by atoms with van der Waals surface area (Å²) < 4.78 is 9.71. The molecule has 0 spiro atoms. The summed E-state index contributed by atoms with van der Waals surface area (Å²) >= 11 is 0. The highest BCUT2D eigenvalue weighted by atomic mass is 16.3. The number of furan rings is 1. The van der Waals surface area contributed by atoms with Gasteiger partial charge in [0.2, 0.25) is 0 Å². The van der Waals surface area contributed by atoms with Crippen LogP contribution in [0.3, 0.4) is 0 Å². The van der Waals surface area contributed by atoms with Gasteiger partial charge in [0, 0.05) is 41.6 Å². The van der Waals surface area contributed by atoms with E-state index in [2.05, 4.69) is 60.7 Å². The number of rotatable bonds is 4. The van der Waals surface area contributed by atoms with Gasteiger partial charge in [-0.05, 0) is 64.4 Å². The lowest BCUT2D eigenvalue weighted by molar-refractivity contribution is 0.669. The first kappa shape index (κ1) is 27.0. The summed E-state index contributed by atoms with van der Waals surface area (Å²) in [5.41, 5.74) is 7.96. The average Bonchev–Trinajstić information content (AvgIpc) is 3.59. The molecule has 224 valence electrons. The second-order valence-electron chi connectivity index (χ2n) is 11.9. The van der Waals surface area contributed by atoms with E-state index in [9.17, 15) is 4.79 Å². The van der Waals surface area contributed by atoms with Crippen LogP contribution < -0.4 is 5.69 Å². The third kappa shape index (κ3) is 4.43. The lowest BCUT2D eigenvalue weighted by Crippen LogP contribution is -2.19. The van der Waals surface area contributed by atoms with Gasteiger partial charge in [-0.15, -0.1) is 0 Å². The molecule has 3 heterocycles. The summed E-state index contributed by atoms with van der Waals surface area (Å²) in [5.74, 6) is 1.72. The highest BCUT2D eigenvalue weighted by molar-refractivity contribution is 6.10. The van der Waals surface area contributed by atoms with Crippen molar-refractivity contribution in [1.29, 1.82) is 0 Å². The molecule has 0 N–H and O–H groups in total. The molecule has 47 heavy (non-hydrogen) atoms. The molecule has 7 nitrogen and oxygen atoms in total. The fourth-order valence-corrected chi connectivity index (χ4v) is 6.48. The summed E-state index contributed by atoms with van der Waals surface area (Å²) in [5, 5.41) is 4.45. The van der Waals surface area contributed by atoms with Gasteiger partial charge in [0.1, 0.15) is 11.2 Å². The number of nitrogens with zero attached hydrogens (tertiary/aromatic N) is 5. The zero-order chi connectivity index (χ0) is 31.6. The van der Waals surface area contributed by atoms with E-state index >= 15 is 0 Å². The van der Waals surface area contributed by atoms with Gasteiger partial charge in [0.15, 0.2) is 17.5 Å². The van der Waals surface area contributed by atoms with Gasteiger partial charge in [-0.2, -0.15) is 0 Å². The first-order valence-corrected chi connectivity index (χ1v) is 15.4. The van der Waals surface area contributed by atoms with E-state index in [0.29, 0.717) is 17.5 Å².